The van der Waals surface area contributed by atoms with Gasteiger partial charge >= 0.3 is 5.97 Å². The zero-order valence-electron chi connectivity index (χ0n) is 19.6. The molecule has 2 aromatic rings. The second kappa shape index (κ2) is 14.2. The van der Waals surface area contributed by atoms with E-state index in [2.05, 4.69) is 21.2 Å². The Bertz CT molecular complexity index is 1140. The average Bonchev–Trinajstić information content (AvgIpc) is 3.11. The van der Waals surface area contributed by atoms with Gasteiger partial charge in [0.2, 0.25) is 0 Å². The third-order valence-corrected chi connectivity index (χ3v) is 7.21. The van der Waals surface area contributed by atoms with Crippen molar-refractivity contribution in [1.29, 1.82) is 0 Å². The first-order valence-corrected chi connectivity index (χ1v) is 13.6. The molecule has 0 saturated carbocycles. The number of carbonyl (C=O) groups is 3. The molecule has 0 aromatic heterocycles. The number of unbranched alkanes of at least 4 members (excludes halogenated alkanes) is 2. The summed E-state index contributed by atoms with van der Waals surface area (Å²) in [6.45, 7) is 0.819. The predicted octanol–water partition coefficient (Wildman–Crippen LogP) is 5.03. The molecule has 0 radical (unpaired) electrons. The van der Waals surface area contributed by atoms with E-state index in [1.165, 1.54) is 11.8 Å². The van der Waals surface area contributed by atoms with Gasteiger partial charge in [0.05, 0.1) is 4.91 Å². The molecule has 1 fully saturated rings. The molecule has 1 saturated heterocycles. The van der Waals surface area contributed by atoms with E-state index in [9.17, 15) is 14.4 Å². The molecule has 1 aliphatic rings. The van der Waals surface area contributed by atoms with Gasteiger partial charge in [0.15, 0.2) is 6.61 Å². The highest BCUT2D eigenvalue weighted by molar-refractivity contribution is 9.10. The van der Waals surface area contributed by atoms with Gasteiger partial charge in [-0.2, -0.15) is 0 Å². The first kappa shape index (κ1) is 27.9. The van der Waals surface area contributed by atoms with Crippen molar-refractivity contribution in [2.24, 2.45) is 0 Å². The van der Waals surface area contributed by atoms with E-state index in [0.29, 0.717) is 52.9 Å². The second-order valence-corrected chi connectivity index (χ2v) is 10.7. The number of benzene rings is 2. The van der Waals surface area contributed by atoms with Crippen molar-refractivity contribution in [3.8, 4) is 5.75 Å². The van der Waals surface area contributed by atoms with Crippen molar-refractivity contribution in [2.45, 2.75) is 32.1 Å². The Morgan fingerprint density at radius 2 is 1.92 bits per heavy atom. The Balaban J connectivity index is 1.56. The van der Waals surface area contributed by atoms with E-state index in [1.54, 1.807) is 17.0 Å². The zero-order valence-corrected chi connectivity index (χ0v) is 22.8. The number of nitrogens with zero attached hydrogens (tertiary/aromatic N) is 1. The van der Waals surface area contributed by atoms with Crippen LogP contribution in [0.15, 0.2) is 57.9 Å². The van der Waals surface area contributed by atoms with E-state index in [1.807, 2.05) is 42.5 Å². The number of carboxylic acids is 1. The zero-order chi connectivity index (χ0) is 25.9. The molecule has 0 aliphatic carbocycles. The number of carbonyl (C=O) groups excluding carboxylic acids is 2. The SMILES string of the molecule is O=C(O)CCCCCN1C(=O)/C(=C\c2cc(Br)ccc2OCC(=O)NCCc2ccccc2)SC1=S. The third kappa shape index (κ3) is 8.76. The molecular weight excluding hydrogens is 564 g/mol. The maximum absolute atomic E-state index is 12.9. The van der Waals surface area contributed by atoms with Crippen LogP contribution in [0.5, 0.6) is 5.75 Å². The molecule has 2 aromatic carbocycles. The number of aliphatic carboxylic acids is 1. The molecule has 0 atom stereocenters. The van der Waals surface area contributed by atoms with Crippen LogP contribution in [-0.2, 0) is 20.8 Å². The van der Waals surface area contributed by atoms with Gasteiger partial charge in [0.1, 0.15) is 10.1 Å². The van der Waals surface area contributed by atoms with Crippen molar-refractivity contribution in [1.82, 2.24) is 10.2 Å². The minimum absolute atomic E-state index is 0.120. The molecule has 3 rings (SSSR count). The van der Waals surface area contributed by atoms with Crippen LogP contribution in [0.4, 0.5) is 0 Å². The number of ether oxygens (including phenoxy) is 1. The highest BCUT2D eigenvalue weighted by atomic mass is 79.9. The number of thiocarbonyl (C=S) groups is 1. The van der Waals surface area contributed by atoms with Crippen LogP contribution in [0.25, 0.3) is 6.08 Å². The van der Waals surface area contributed by atoms with Crippen LogP contribution in [0, 0.1) is 0 Å². The standard InChI is InChI=1S/C26H27BrN2O5S2/c27-20-10-11-21(34-17-23(30)28-13-12-18-7-3-1-4-8-18)19(15-20)16-22-25(33)29(26(35)36-22)14-6-2-5-9-24(31)32/h1,3-4,7-8,10-11,15-16H,2,5-6,9,12-14,17H2,(H,28,30)(H,31,32)/b22-16+. The number of carboxylic acid groups (broad SMARTS) is 1. The van der Waals surface area contributed by atoms with Gasteiger partial charge in [0.25, 0.3) is 11.8 Å². The summed E-state index contributed by atoms with van der Waals surface area (Å²) in [6, 6.07) is 15.3. The summed E-state index contributed by atoms with van der Waals surface area (Å²) < 4.78 is 7.05. The van der Waals surface area contributed by atoms with E-state index < -0.39 is 5.97 Å². The largest absolute Gasteiger partial charge is 0.483 e. The lowest BCUT2D eigenvalue weighted by atomic mass is 10.1. The quantitative estimate of drug-likeness (QED) is 0.192. The summed E-state index contributed by atoms with van der Waals surface area (Å²) in [7, 11) is 0. The van der Waals surface area contributed by atoms with E-state index in [0.717, 1.165) is 16.5 Å². The molecule has 0 bridgehead atoms. The Morgan fingerprint density at radius 1 is 1.14 bits per heavy atom. The maximum Gasteiger partial charge on any atom is 0.303 e. The fraction of sp³-hybridized carbons (Fsp3) is 0.308. The molecule has 2 N–H and O–H groups in total. The Kier molecular flexibility index (Phi) is 11.0. The van der Waals surface area contributed by atoms with Crippen molar-refractivity contribution in [2.75, 3.05) is 19.7 Å². The van der Waals surface area contributed by atoms with Gasteiger partial charge in [-0.25, -0.2) is 0 Å². The number of nitrogens with one attached hydrogen (secondary N) is 1. The molecule has 0 spiro atoms. The summed E-state index contributed by atoms with van der Waals surface area (Å²) in [5.41, 5.74) is 1.80. The number of amides is 2. The predicted molar refractivity (Wildman–Crippen MR) is 149 cm³/mol. The normalized spacial score (nSPS) is 14.4. The van der Waals surface area contributed by atoms with Crippen molar-refractivity contribution < 1.29 is 24.2 Å². The Hall–Kier alpha value is -2.69. The second-order valence-electron chi connectivity index (χ2n) is 8.09. The van der Waals surface area contributed by atoms with Crippen LogP contribution < -0.4 is 10.1 Å². The van der Waals surface area contributed by atoms with Gasteiger partial charge in [-0.15, -0.1) is 0 Å². The van der Waals surface area contributed by atoms with Gasteiger partial charge in [0, 0.05) is 29.5 Å². The van der Waals surface area contributed by atoms with Crippen molar-refractivity contribution >= 4 is 68.1 Å². The molecule has 0 unspecified atom stereocenters. The van der Waals surface area contributed by atoms with Crippen LogP contribution in [-0.4, -0.2) is 51.8 Å². The van der Waals surface area contributed by atoms with Gasteiger partial charge in [-0.3, -0.25) is 19.3 Å². The smallest absolute Gasteiger partial charge is 0.303 e. The van der Waals surface area contributed by atoms with Crippen LogP contribution >= 0.6 is 39.9 Å². The lowest BCUT2D eigenvalue weighted by Crippen LogP contribution is -2.30. The molecule has 1 aliphatic heterocycles. The first-order chi connectivity index (χ1) is 17.3. The minimum Gasteiger partial charge on any atom is -0.483 e. The molecule has 190 valence electrons. The highest BCUT2D eigenvalue weighted by Crippen LogP contribution is 2.35. The monoisotopic (exact) mass is 590 g/mol. The minimum atomic E-state index is -0.819. The Labute approximate surface area is 228 Å². The molecule has 36 heavy (non-hydrogen) atoms. The summed E-state index contributed by atoms with van der Waals surface area (Å²) in [6.07, 6.45) is 4.53. The topological polar surface area (TPSA) is 95.9 Å². The fourth-order valence-electron chi connectivity index (χ4n) is 3.51. The molecular formula is C26H27BrN2O5S2. The molecule has 7 nitrogen and oxygen atoms in total. The van der Waals surface area contributed by atoms with E-state index in [-0.39, 0.29) is 24.8 Å². The number of halogens is 1. The van der Waals surface area contributed by atoms with E-state index >= 15 is 0 Å². The highest BCUT2D eigenvalue weighted by Gasteiger charge is 2.31. The lowest BCUT2D eigenvalue weighted by Gasteiger charge is -2.14. The van der Waals surface area contributed by atoms with Gasteiger partial charge < -0.3 is 15.2 Å². The molecule has 2 amide bonds. The van der Waals surface area contributed by atoms with E-state index in [4.69, 9.17) is 22.1 Å². The summed E-state index contributed by atoms with van der Waals surface area (Å²) >= 11 is 10.1. The summed E-state index contributed by atoms with van der Waals surface area (Å²) in [5, 5.41) is 11.6. The number of hydrogen-bond acceptors (Lipinski definition) is 6. The molecule has 10 heteroatoms. The lowest BCUT2D eigenvalue weighted by molar-refractivity contribution is -0.137. The summed E-state index contributed by atoms with van der Waals surface area (Å²) in [4.78, 5) is 37.9. The van der Waals surface area contributed by atoms with Crippen LogP contribution in [0.1, 0.15) is 36.8 Å². The molecule has 1 heterocycles. The van der Waals surface area contributed by atoms with Crippen LogP contribution in [0.2, 0.25) is 0 Å². The van der Waals surface area contributed by atoms with Gasteiger partial charge in [-0.05, 0) is 49.1 Å². The summed E-state index contributed by atoms with van der Waals surface area (Å²) in [5.74, 6) is -0.752. The number of rotatable bonds is 13. The van der Waals surface area contributed by atoms with Crippen LogP contribution in [0.3, 0.4) is 0 Å². The Morgan fingerprint density at radius 3 is 2.67 bits per heavy atom. The number of thioether (sulfide) groups is 1. The average molecular weight is 592 g/mol. The van der Waals surface area contributed by atoms with Gasteiger partial charge in [-0.1, -0.05) is 76.7 Å². The van der Waals surface area contributed by atoms with Crippen molar-refractivity contribution in [3.05, 3.63) is 69.0 Å². The fourth-order valence-corrected chi connectivity index (χ4v) is 5.18. The van der Waals surface area contributed by atoms with Crippen molar-refractivity contribution in [3.63, 3.8) is 0 Å². The maximum atomic E-state index is 12.9. The first-order valence-electron chi connectivity index (χ1n) is 11.5. The number of hydrogen-bond donors (Lipinski definition) is 2. The third-order valence-electron chi connectivity index (χ3n) is 5.34.